The molecule has 5 heteroatoms. The van der Waals surface area contributed by atoms with Gasteiger partial charge in [0.2, 0.25) is 0 Å². The van der Waals surface area contributed by atoms with Crippen LogP contribution in [0.2, 0.25) is 0 Å². The molecule has 4 rings (SSSR count). The first-order valence-electron chi connectivity index (χ1n) is 9.86. The smallest absolute Gasteiger partial charge is 0.309 e. The first-order chi connectivity index (χ1) is 11.8. The first-order valence-corrected chi connectivity index (χ1v) is 9.86. The van der Waals surface area contributed by atoms with Crippen molar-refractivity contribution in [3.63, 3.8) is 0 Å². The van der Waals surface area contributed by atoms with Gasteiger partial charge in [-0.3, -0.25) is 9.59 Å². The predicted molar refractivity (Wildman–Crippen MR) is 90.6 cm³/mol. The van der Waals surface area contributed by atoms with E-state index in [0.717, 1.165) is 12.3 Å². The van der Waals surface area contributed by atoms with Crippen LogP contribution in [0.15, 0.2) is 0 Å². The molecular weight excluding hydrogens is 320 g/mol. The van der Waals surface area contributed by atoms with Crippen molar-refractivity contribution in [3.8, 4) is 0 Å². The molecule has 1 heterocycles. The highest BCUT2D eigenvalue weighted by molar-refractivity contribution is 5.82. The van der Waals surface area contributed by atoms with Crippen molar-refractivity contribution in [2.45, 2.75) is 71.0 Å². The summed E-state index contributed by atoms with van der Waals surface area (Å²) in [5.41, 5.74) is 0.320. The van der Waals surface area contributed by atoms with Gasteiger partial charge in [0.1, 0.15) is 0 Å². The normalized spacial score (nSPS) is 47.2. The Balaban J connectivity index is 1.33. The van der Waals surface area contributed by atoms with E-state index in [-0.39, 0.29) is 23.6 Å². The minimum absolute atomic E-state index is 0.0811. The Labute approximate surface area is 149 Å². The van der Waals surface area contributed by atoms with Crippen molar-refractivity contribution in [3.05, 3.63) is 0 Å². The Hall–Kier alpha value is -1.10. The van der Waals surface area contributed by atoms with Crippen LogP contribution in [-0.4, -0.2) is 36.9 Å². The van der Waals surface area contributed by atoms with E-state index in [1.165, 1.54) is 19.3 Å². The fraction of sp³-hybridized carbons (Fsp3) is 0.900. The van der Waals surface area contributed by atoms with E-state index in [4.69, 9.17) is 14.2 Å². The van der Waals surface area contributed by atoms with Crippen molar-refractivity contribution in [2.24, 2.45) is 29.1 Å². The lowest BCUT2D eigenvalue weighted by Crippen LogP contribution is -2.41. The molecule has 0 aromatic carbocycles. The van der Waals surface area contributed by atoms with Crippen LogP contribution in [-0.2, 0) is 23.8 Å². The first kappa shape index (κ1) is 17.3. The number of carbonyl (C=O) groups excluding carboxylic acids is 2. The molecule has 0 amide bonds. The predicted octanol–water partition coefficient (Wildman–Crippen LogP) is 3.10. The Morgan fingerprint density at radius 3 is 2.56 bits per heavy atom. The average Bonchev–Trinajstić information content (AvgIpc) is 3.43. The van der Waals surface area contributed by atoms with Crippen molar-refractivity contribution in [1.82, 2.24) is 0 Å². The fourth-order valence-electron chi connectivity index (χ4n) is 5.19. The summed E-state index contributed by atoms with van der Waals surface area (Å²) in [7, 11) is 0. The van der Waals surface area contributed by atoms with Gasteiger partial charge < -0.3 is 14.2 Å². The molecule has 3 aliphatic carbocycles. The van der Waals surface area contributed by atoms with Crippen LogP contribution in [0.25, 0.3) is 0 Å². The number of hydrogen-bond acceptors (Lipinski definition) is 5. The summed E-state index contributed by atoms with van der Waals surface area (Å²) in [5.74, 6) is -0.0708. The largest absolute Gasteiger partial charge is 0.466 e. The van der Waals surface area contributed by atoms with Gasteiger partial charge in [-0.15, -0.1) is 0 Å². The molecule has 25 heavy (non-hydrogen) atoms. The summed E-state index contributed by atoms with van der Waals surface area (Å²) in [5, 5.41) is 0. The molecule has 0 aromatic heterocycles. The van der Waals surface area contributed by atoms with Crippen molar-refractivity contribution in [1.29, 1.82) is 0 Å². The quantitative estimate of drug-likeness (QED) is 0.563. The third-order valence-corrected chi connectivity index (χ3v) is 7.25. The topological polar surface area (TPSA) is 65.1 Å². The third-order valence-electron chi connectivity index (χ3n) is 7.25. The van der Waals surface area contributed by atoms with Crippen LogP contribution in [0, 0.1) is 29.1 Å². The fourth-order valence-corrected chi connectivity index (χ4v) is 5.19. The van der Waals surface area contributed by atoms with E-state index >= 15 is 0 Å². The Kier molecular flexibility index (Phi) is 4.13. The minimum Gasteiger partial charge on any atom is -0.466 e. The van der Waals surface area contributed by atoms with Crippen LogP contribution >= 0.6 is 0 Å². The molecule has 0 N–H and O–H groups in total. The lowest BCUT2D eigenvalue weighted by atomic mass is 9.74. The second kappa shape index (κ2) is 5.97. The van der Waals surface area contributed by atoms with Gasteiger partial charge in [-0.2, -0.15) is 0 Å². The Morgan fingerprint density at radius 2 is 1.84 bits per heavy atom. The molecule has 1 saturated heterocycles. The van der Waals surface area contributed by atoms with Gasteiger partial charge in [-0.25, -0.2) is 0 Å². The molecular formula is C20H30O5. The molecule has 140 valence electrons. The number of rotatable bonds is 5. The van der Waals surface area contributed by atoms with Gasteiger partial charge in [0.15, 0.2) is 0 Å². The van der Waals surface area contributed by atoms with Crippen LogP contribution in [0.5, 0.6) is 0 Å². The molecule has 7 unspecified atom stereocenters. The lowest BCUT2D eigenvalue weighted by Gasteiger charge is -2.30. The molecule has 0 bridgehead atoms. The molecule has 5 nitrogen and oxygen atoms in total. The van der Waals surface area contributed by atoms with Gasteiger partial charge in [-0.1, -0.05) is 6.92 Å². The van der Waals surface area contributed by atoms with Crippen LogP contribution in [0.4, 0.5) is 0 Å². The molecule has 3 saturated carbocycles. The highest BCUT2D eigenvalue weighted by atomic mass is 16.6. The van der Waals surface area contributed by atoms with E-state index in [2.05, 4.69) is 6.92 Å². The average molecular weight is 350 g/mol. The zero-order chi connectivity index (χ0) is 17.8. The maximum absolute atomic E-state index is 12.7. The summed E-state index contributed by atoms with van der Waals surface area (Å²) in [4.78, 5) is 25.0. The number of carbonyl (C=O) groups is 2. The van der Waals surface area contributed by atoms with Gasteiger partial charge in [0.05, 0.1) is 36.8 Å². The summed E-state index contributed by atoms with van der Waals surface area (Å²) in [6, 6.07) is 0. The molecule has 1 aliphatic heterocycles. The SMILES string of the molecule is CCOC(=O)C1CC2(C)OC2CC1C(=O)OCC1CCC2(C)CC2C1. The summed E-state index contributed by atoms with van der Waals surface area (Å²) < 4.78 is 16.6. The Morgan fingerprint density at radius 1 is 1.08 bits per heavy atom. The van der Waals surface area contributed by atoms with Gasteiger partial charge in [-0.05, 0) is 69.6 Å². The lowest BCUT2D eigenvalue weighted by molar-refractivity contribution is -0.163. The second-order valence-corrected chi connectivity index (χ2v) is 9.15. The van der Waals surface area contributed by atoms with Crippen molar-refractivity contribution in [2.75, 3.05) is 13.2 Å². The van der Waals surface area contributed by atoms with Gasteiger partial charge in [0.25, 0.3) is 0 Å². The number of fused-ring (bicyclic) bond motifs is 2. The number of epoxide rings is 1. The van der Waals surface area contributed by atoms with Crippen LogP contribution < -0.4 is 0 Å². The number of hydrogen-bond donors (Lipinski definition) is 0. The third kappa shape index (κ3) is 3.20. The molecule has 4 aliphatic rings. The van der Waals surface area contributed by atoms with E-state index in [1.54, 1.807) is 6.92 Å². The maximum atomic E-state index is 12.7. The monoisotopic (exact) mass is 350 g/mol. The number of esters is 2. The molecule has 4 fully saturated rings. The second-order valence-electron chi connectivity index (χ2n) is 9.15. The highest BCUT2D eigenvalue weighted by Crippen LogP contribution is 2.62. The van der Waals surface area contributed by atoms with Crippen molar-refractivity contribution >= 4 is 11.9 Å². The summed E-state index contributed by atoms with van der Waals surface area (Å²) in [6.07, 6.45) is 6.13. The van der Waals surface area contributed by atoms with E-state index in [9.17, 15) is 9.59 Å². The standard InChI is InChI=1S/C20H30O5/c1-4-23-18(22)15-10-20(3)16(25-20)8-14(15)17(21)24-11-12-5-6-19(2)9-13(19)7-12/h12-16H,4-11H2,1-3H3. The maximum Gasteiger partial charge on any atom is 0.309 e. The zero-order valence-electron chi connectivity index (χ0n) is 15.6. The van der Waals surface area contributed by atoms with Crippen LogP contribution in [0.1, 0.15) is 59.3 Å². The molecule has 0 radical (unpaired) electrons. The van der Waals surface area contributed by atoms with E-state index < -0.39 is 11.8 Å². The molecule has 0 aromatic rings. The molecule has 0 spiro atoms. The Bertz CT molecular complexity index is 574. The van der Waals surface area contributed by atoms with Gasteiger partial charge in [0, 0.05) is 0 Å². The van der Waals surface area contributed by atoms with Crippen molar-refractivity contribution < 1.29 is 23.8 Å². The van der Waals surface area contributed by atoms with Crippen LogP contribution in [0.3, 0.4) is 0 Å². The van der Waals surface area contributed by atoms with E-state index in [1.807, 2.05) is 6.92 Å². The summed E-state index contributed by atoms with van der Waals surface area (Å²) in [6.45, 7) is 7.01. The zero-order valence-corrected chi connectivity index (χ0v) is 15.6. The minimum atomic E-state index is -0.436. The van der Waals surface area contributed by atoms with E-state index in [0.29, 0.717) is 37.4 Å². The summed E-state index contributed by atoms with van der Waals surface area (Å²) >= 11 is 0. The highest BCUT2D eigenvalue weighted by Gasteiger charge is 2.61. The number of ether oxygens (including phenoxy) is 3. The van der Waals surface area contributed by atoms with Gasteiger partial charge >= 0.3 is 11.9 Å². The molecule has 7 atom stereocenters.